The molecule has 2 aromatic carbocycles. The molecule has 1 aliphatic rings. The Kier molecular flexibility index (Phi) is 11.1. The summed E-state index contributed by atoms with van der Waals surface area (Å²) in [6.45, 7) is 11.0. The van der Waals surface area contributed by atoms with Gasteiger partial charge in [0.15, 0.2) is 0 Å². The van der Waals surface area contributed by atoms with Crippen LogP contribution in [0.25, 0.3) is 4.91 Å². The number of benzene rings is 2. The first-order chi connectivity index (χ1) is 17.9. The van der Waals surface area contributed by atoms with Gasteiger partial charge in [0.25, 0.3) is 0 Å². The van der Waals surface area contributed by atoms with Crippen LogP contribution in [-0.4, -0.2) is 36.4 Å². The zero-order valence-corrected chi connectivity index (χ0v) is 23.7. The Morgan fingerprint density at radius 2 is 2.14 bits per heavy atom. The van der Waals surface area contributed by atoms with Gasteiger partial charge >= 0.3 is 0 Å². The summed E-state index contributed by atoms with van der Waals surface area (Å²) < 4.78 is 9.28. The van der Waals surface area contributed by atoms with E-state index in [9.17, 15) is 10.1 Å². The van der Waals surface area contributed by atoms with Crippen molar-refractivity contribution in [2.45, 2.75) is 58.6 Å². The van der Waals surface area contributed by atoms with Crippen molar-refractivity contribution >= 4 is 39.6 Å². The molecular formula is C29H36N4O2S2. The highest BCUT2D eigenvalue weighted by atomic mass is 32.2. The summed E-state index contributed by atoms with van der Waals surface area (Å²) in [4.78, 5) is 17.4. The predicted octanol–water partition coefficient (Wildman–Crippen LogP) is 6.27. The van der Waals surface area contributed by atoms with Crippen LogP contribution >= 0.6 is 23.7 Å². The topological polar surface area (TPSA) is 86.5 Å². The number of rotatable bonds is 11. The minimum absolute atomic E-state index is 0.00870. The van der Waals surface area contributed by atoms with Crippen molar-refractivity contribution in [3.63, 3.8) is 0 Å². The summed E-state index contributed by atoms with van der Waals surface area (Å²) in [6, 6.07) is 14.4. The molecule has 0 saturated carbocycles. The first-order valence-corrected chi connectivity index (χ1v) is 14.5. The molecule has 6 nitrogen and oxygen atoms in total. The smallest absolute Gasteiger partial charge is 0.231 e. The third kappa shape index (κ3) is 7.88. The molecule has 8 heteroatoms. The Labute approximate surface area is 229 Å². The minimum atomic E-state index is -0.00870. The fourth-order valence-electron chi connectivity index (χ4n) is 4.27. The van der Waals surface area contributed by atoms with Crippen molar-refractivity contribution in [3.05, 3.63) is 70.8 Å². The molecule has 2 aromatic rings. The van der Waals surface area contributed by atoms with Crippen molar-refractivity contribution in [2.75, 3.05) is 19.3 Å². The van der Waals surface area contributed by atoms with Crippen LogP contribution in [-0.2, 0) is 11.2 Å². The summed E-state index contributed by atoms with van der Waals surface area (Å²) in [5.41, 5.74) is 5.05. The minimum Gasteiger partial charge on any atom is -0.490 e. The van der Waals surface area contributed by atoms with E-state index in [1.807, 2.05) is 39.0 Å². The van der Waals surface area contributed by atoms with Crippen molar-refractivity contribution in [1.82, 2.24) is 10.0 Å². The van der Waals surface area contributed by atoms with E-state index in [1.165, 1.54) is 34.8 Å². The van der Waals surface area contributed by atoms with Crippen LogP contribution in [0.15, 0.2) is 48.0 Å². The maximum Gasteiger partial charge on any atom is 0.231 e. The number of nitrogens with zero attached hydrogens (tertiary/aromatic N) is 2. The van der Waals surface area contributed by atoms with Gasteiger partial charge in [-0.1, -0.05) is 55.4 Å². The predicted molar refractivity (Wildman–Crippen MR) is 157 cm³/mol. The first kappa shape index (κ1) is 28.8. The molecule has 37 heavy (non-hydrogen) atoms. The van der Waals surface area contributed by atoms with Gasteiger partial charge in [-0.3, -0.25) is 14.5 Å². The maximum atomic E-state index is 12.0. The van der Waals surface area contributed by atoms with Gasteiger partial charge in [-0.25, -0.2) is 0 Å². The second kappa shape index (κ2) is 14.3. The van der Waals surface area contributed by atoms with Gasteiger partial charge in [0, 0.05) is 30.1 Å². The quantitative estimate of drug-likeness (QED) is 0.200. The first-order valence-electron chi connectivity index (χ1n) is 12.7. The summed E-state index contributed by atoms with van der Waals surface area (Å²) in [7, 11) is 1.76. The fraction of sp³-hybridized carbons (Fsp3) is 0.414. The fourth-order valence-corrected chi connectivity index (χ4v) is 5.90. The normalized spacial score (nSPS) is 15.1. The van der Waals surface area contributed by atoms with E-state index >= 15 is 0 Å². The van der Waals surface area contributed by atoms with E-state index in [0.717, 1.165) is 46.8 Å². The number of aliphatic imine (C=N–C) groups is 1. The van der Waals surface area contributed by atoms with Crippen molar-refractivity contribution in [1.29, 1.82) is 5.26 Å². The van der Waals surface area contributed by atoms with Crippen LogP contribution in [0.5, 0.6) is 5.75 Å². The molecule has 0 aromatic heterocycles. The standard InChI is InChI=1S/C29H36N4O2S2/c1-6-15-32-28(34)18-36-33-26-12-8-10-24-23(9-7-11-25(24)26)20(4)37-29(31-5)21-13-14-27(35-19(2)3)22(16-21)17-30/h7,9,11,13-14,16,19,26,33H,4,6,8,10,12,15,18H2,1-3,5H3,(H,32,34). The number of carbonyl (C=O) groups excluding carboxylic acids is 1. The molecule has 0 saturated heterocycles. The largest absolute Gasteiger partial charge is 0.490 e. The van der Waals surface area contributed by atoms with Gasteiger partial charge in [0.1, 0.15) is 16.9 Å². The van der Waals surface area contributed by atoms with E-state index in [-0.39, 0.29) is 18.1 Å². The third-order valence-electron chi connectivity index (χ3n) is 5.94. The molecular weight excluding hydrogens is 500 g/mol. The third-order valence-corrected chi connectivity index (χ3v) is 7.88. The molecule has 1 unspecified atom stereocenters. The number of thioether (sulfide) groups is 1. The second-order valence-corrected chi connectivity index (χ2v) is 11.0. The zero-order chi connectivity index (χ0) is 26.8. The van der Waals surface area contributed by atoms with Crippen LogP contribution in [0.2, 0.25) is 0 Å². The average molecular weight is 537 g/mol. The molecule has 0 aliphatic heterocycles. The van der Waals surface area contributed by atoms with E-state index in [0.29, 0.717) is 23.6 Å². The summed E-state index contributed by atoms with van der Waals surface area (Å²) >= 11 is 2.99. The lowest BCUT2D eigenvalue weighted by atomic mass is 9.85. The molecule has 1 atom stereocenters. The number of carbonyl (C=O) groups is 1. The lowest BCUT2D eigenvalue weighted by molar-refractivity contribution is -0.118. The Hall–Kier alpha value is -2.73. The average Bonchev–Trinajstić information content (AvgIpc) is 2.90. The zero-order valence-electron chi connectivity index (χ0n) is 22.1. The number of hydrogen-bond acceptors (Lipinski definition) is 7. The molecule has 3 rings (SSSR count). The van der Waals surface area contributed by atoms with Gasteiger partial charge in [0.05, 0.1) is 17.4 Å². The van der Waals surface area contributed by atoms with Crippen LogP contribution < -0.4 is 14.8 Å². The molecule has 0 radical (unpaired) electrons. The lowest BCUT2D eigenvalue weighted by Crippen LogP contribution is -2.28. The van der Waals surface area contributed by atoms with Gasteiger partial charge in [-0.2, -0.15) is 5.26 Å². The molecule has 0 fully saturated rings. The van der Waals surface area contributed by atoms with Crippen LogP contribution in [0.3, 0.4) is 0 Å². The number of ether oxygens (including phenoxy) is 1. The number of nitrogens with one attached hydrogen (secondary N) is 2. The van der Waals surface area contributed by atoms with Gasteiger partial charge in [-0.05, 0) is 74.4 Å². The Morgan fingerprint density at radius 1 is 1.32 bits per heavy atom. The monoisotopic (exact) mass is 536 g/mol. The van der Waals surface area contributed by atoms with Gasteiger partial charge in [0.2, 0.25) is 5.91 Å². The van der Waals surface area contributed by atoms with Crippen LogP contribution in [0.1, 0.15) is 73.9 Å². The lowest BCUT2D eigenvalue weighted by Gasteiger charge is -2.28. The molecule has 1 aliphatic carbocycles. The number of hydrogen-bond donors (Lipinski definition) is 2. The van der Waals surface area contributed by atoms with Crippen molar-refractivity contribution < 1.29 is 9.53 Å². The molecule has 2 N–H and O–H groups in total. The van der Waals surface area contributed by atoms with Crippen LogP contribution in [0, 0.1) is 11.3 Å². The number of nitriles is 1. The molecule has 0 bridgehead atoms. The number of fused-ring (bicyclic) bond motifs is 1. The Balaban J connectivity index is 1.74. The van der Waals surface area contributed by atoms with E-state index < -0.39 is 0 Å². The highest BCUT2D eigenvalue weighted by molar-refractivity contribution is 8.22. The van der Waals surface area contributed by atoms with Crippen molar-refractivity contribution in [2.24, 2.45) is 4.99 Å². The van der Waals surface area contributed by atoms with E-state index in [1.54, 1.807) is 7.05 Å². The Morgan fingerprint density at radius 3 is 2.84 bits per heavy atom. The van der Waals surface area contributed by atoms with Gasteiger partial charge < -0.3 is 10.1 Å². The molecule has 196 valence electrons. The Bertz CT molecular complexity index is 1190. The van der Waals surface area contributed by atoms with E-state index in [2.05, 4.69) is 45.9 Å². The molecule has 0 spiro atoms. The number of amides is 1. The molecule has 1 amide bonds. The second-order valence-electron chi connectivity index (χ2n) is 9.12. The van der Waals surface area contributed by atoms with Gasteiger partial charge in [-0.15, -0.1) is 0 Å². The van der Waals surface area contributed by atoms with Crippen LogP contribution in [0.4, 0.5) is 0 Å². The summed E-state index contributed by atoms with van der Waals surface area (Å²) in [5, 5.41) is 13.4. The summed E-state index contributed by atoms with van der Waals surface area (Å²) in [5.74, 6) is 1.04. The molecule has 0 heterocycles. The SMILES string of the molecule is C=C(SC(=NC)c1ccc(OC(C)C)c(C#N)c1)c1cccc2c1CCCC2NSCC(=O)NCCC. The summed E-state index contributed by atoms with van der Waals surface area (Å²) in [6.07, 6.45) is 4.02. The highest BCUT2D eigenvalue weighted by Crippen LogP contribution is 2.39. The van der Waals surface area contributed by atoms with E-state index in [4.69, 9.17) is 4.74 Å². The highest BCUT2D eigenvalue weighted by Gasteiger charge is 2.24. The maximum absolute atomic E-state index is 12.0. The van der Waals surface area contributed by atoms with Crippen molar-refractivity contribution in [3.8, 4) is 11.8 Å².